The fourth-order valence-corrected chi connectivity index (χ4v) is 3.88. The molecule has 1 N–H and O–H groups in total. The van der Waals surface area contributed by atoms with Crippen molar-refractivity contribution < 1.29 is 9.53 Å². The Labute approximate surface area is 134 Å². The zero-order chi connectivity index (χ0) is 15.5. The van der Waals surface area contributed by atoms with Gasteiger partial charge in [0, 0.05) is 17.1 Å². The third kappa shape index (κ3) is 2.81. The van der Waals surface area contributed by atoms with Crippen LogP contribution in [0.1, 0.15) is 29.8 Å². The van der Waals surface area contributed by atoms with Crippen LogP contribution in [-0.2, 0) is 6.42 Å². The van der Waals surface area contributed by atoms with Crippen LogP contribution in [0.5, 0.6) is 5.75 Å². The predicted octanol–water partition coefficient (Wildman–Crippen LogP) is 4.30. The van der Waals surface area contributed by atoms with Gasteiger partial charge in [-0.1, -0.05) is 6.92 Å². The Morgan fingerprint density at radius 1 is 1.36 bits per heavy atom. The maximum atomic E-state index is 12.6. The molecule has 2 heterocycles. The second kappa shape index (κ2) is 6.40. The van der Waals surface area contributed by atoms with Gasteiger partial charge in [-0.3, -0.25) is 0 Å². The lowest BCUT2D eigenvalue weighted by molar-refractivity contribution is 0.181. The van der Waals surface area contributed by atoms with E-state index >= 15 is 0 Å². The highest BCUT2D eigenvalue weighted by Crippen LogP contribution is 2.35. The molecule has 2 amide bonds. The van der Waals surface area contributed by atoms with Gasteiger partial charge in [0.2, 0.25) is 0 Å². The second-order valence-corrected chi connectivity index (χ2v) is 6.33. The Balaban J connectivity index is 1.74. The van der Waals surface area contributed by atoms with E-state index < -0.39 is 0 Å². The molecule has 0 fully saturated rings. The maximum Gasteiger partial charge on any atom is 0.322 e. The van der Waals surface area contributed by atoms with Gasteiger partial charge in [-0.2, -0.15) is 0 Å². The van der Waals surface area contributed by atoms with Crippen molar-refractivity contribution in [2.75, 3.05) is 19.0 Å². The topological polar surface area (TPSA) is 41.6 Å². The van der Waals surface area contributed by atoms with E-state index in [2.05, 4.69) is 23.7 Å². The van der Waals surface area contributed by atoms with Gasteiger partial charge in [0.05, 0.1) is 13.2 Å². The van der Waals surface area contributed by atoms with Crippen LogP contribution in [-0.4, -0.2) is 24.6 Å². The Bertz CT molecular complexity index is 651. The summed E-state index contributed by atoms with van der Waals surface area (Å²) in [6.07, 6.45) is 1.87. The smallest absolute Gasteiger partial charge is 0.322 e. The third-order valence-electron chi connectivity index (χ3n) is 4.08. The third-order valence-corrected chi connectivity index (χ3v) is 5.08. The monoisotopic (exact) mass is 316 g/mol. The van der Waals surface area contributed by atoms with E-state index in [4.69, 9.17) is 4.74 Å². The fraction of sp³-hybridized carbons (Fsp3) is 0.353. The highest BCUT2D eigenvalue weighted by molar-refractivity contribution is 7.10. The maximum absolute atomic E-state index is 12.6. The van der Waals surface area contributed by atoms with E-state index in [0.717, 1.165) is 30.8 Å². The molecule has 4 nitrogen and oxygen atoms in total. The van der Waals surface area contributed by atoms with Crippen molar-refractivity contribution in [3.8, 4) is 5.75 Å². The first kappa shape index (κ1) is 14.9. The van der Waals surface area contributed by atoms with E-state index in [1.807, 2.05) is 29.2 Å². The zero-order valence-electron chi connectivity index (χ0n) is 12.8. The summed E-state index contributed by atoms with van der Waals surface area (Å²) in [4.78, 5) is 16.0. The van der Waals surface area contributed by atoms with Gasteiger partial charge in [-0.05, 0) is 54.1 Å². The Kier molecular flexibility index (Phi) is 4.34. The van der Waals surface area contributed by atoms with Gasteiger partial charge in [0.25, 0.3) is 0 Å². The molecule has 0 saturated heterocycles. The molecular weight excluding hydrogens is 296 g/mol. The van der Waals surface area contributed by atoms with Gasteiger partial charge in [-0.15, -0.1) is 11.3 Å². The number of nitrogens with zero attached hydrogens (tertiary/aromatic N) is 1. The molecule has 1 aliphatic rings. The van der Waals surface area contributed by atoms with Crippen LogP contribution in [0.25, 0.3) is 0 Å². The number of ether oxygens (including phenoxy) is 1. The molecule has 22 heavy (non-hydrogen) atoms. The number of amides is 2. The largest absolute Gasteiger partial charge is 0.497 e. The summed E-state index contributed by atoms with van der Waals surface area (Å²) in [6.45, 7) is 2.90. The molecule has 0 radical (unpaired) electrons. The molecule has 1 aromatic carbocycles. The molecule has 1 aromatic heterocycles. The van der Waals surface area contributed by atoms with Crippen LogP contribution in [0.2, 0.25) is 0 Å². The molecule has 1 unspecified atom stereocenters. The average molecular weight is 316 g/mol. The van der Waals surface area contributed by atoms with Gasteiger partial charge in [0.15, 0.2) is 0 Å². The van der Waals surface area contributed by atoms with E-state index in [1.54, 1.807) is 18.4 Å². The number of benzene rings is 1. The molecule has 1 atom stereocenters. The van der Waals surface area contributed by atoms with Crippen molar-refractivity contribution in [3.05, 3.63) is 46.2 Å². The molecule has 5 heteroatoms. The number of thiophene rings is 1. The van der Waals surface area contributed by atoms with Gasteiger partial charge in [-0.25, -0.2) is 4.79 Å². The van der Waals surface area contributed by atoms with Crippen molar-refractivity contribution in [1.29, 1.82) is 0 Å². The molecule has 0 aliphatic carbocycles. The van der Waals surface area contributed by atoms with Crippen molar-refractivity contribution in [3.63, 3.8) is 0 Å². The van der Waals surface area contributed by atoms with Crippen LogP contribution in [0.4, 0.5) is 10.5 Å². The van der Waals surface area contributed by atoms with Crippen molar-refractivity contribution in [1.82, 2.24) is 4.90 Å². The fourth-order valence-electron chi connectivity index (χ4n) is 2.95. The standard InChI is InChI=1S/C17H20N2O2S/c1-3-15-14-9-11-22-16(14)8-10-19(15)17(20)18-12-4-6-13(21-2)7-5-12/h4-7,9,11,15H,3,8,10H2,1-2H3,(H,18,20). The number of anilines is 1. The summed E-state index contributed by atoms with van der Waals surface area (Å²) < 4.78 is 5.13. The SMILES string of the molecule is CCC1c2ccsc2CCN1C(=O)Nc1ccc(OC)cc1. The second-order valence-electron chi connectivity index (χ2n) is 5.33. The number of hydrogen-bond donors (Lipinski definition) is 1. The lowest BCUT2D eigenvalue weighted by Crippen LogP contribution is -2.41. The normalized spacial score (nSPS) is 17.0. The zero-order valence-corrected chi connectivity index (χ0v) is 13.7. The van der Waals surface area contributed by atoms with Crippen molar-refractivity contribution in [2.45, 2.75) is 25.8 Å². The van der Waals surface area contributed by atoms with E-state index in [0.29, 0.717) is 0 Å². The Hall–Kier alpha value is -2.01. The Morgan fingerprint density at radius 3 is 2.82 bits per heavy atom. The number of carbonyl (C=O) groups is 1. The van der Waals surface area contributed by atoms with Gasteiger partial charge >= 0.3 is 6.03 Å². The van der Waals surface area contributed by atoms with Crippen molar-refractivity contribution >= 4 is 23.1 Å². The van der Waals surface area contributed by atoms with Crippen LogP contribution < -0.4 is 10.1 Å². The summed E-state index contributed by atoms with van der Waals surface area (Å²) in [5.74, 6) is 0.783. The molecular formula is C17H20N2O2S. The number of rotatable bonds is 3. The lowest BCUT2D eigenvalue weighted by Gasteiger charge is -2.35. The molecule has 116 valence electrons. The minimum atomic E-state index is -0.0335. The summed E-state index contributed by atoms with van der Waals surface area (Å²) in [5, 5.41) is 5.11. The molecule has 1 aliphatic heterocycles. The molecule has 0 spiro atoms. The first-order valence-electron chi connectivity index (χ1n) is 7.51. The minimum absolute atomic E-state index is 0.0335. The summed E-state index contributed by atoms with van der Waals surface area (Å²) >= 11 is 1.79. The van der Waals surface area contributed by atoms with Crippen LogP contribution in [0.15, 0.2) is 35.7 Å². The number of fused-ring (bicyclic) bond motifs is 1. The van der Waals surface area contributed by atoms with E-state index in [-0.39, 0.29) is 12.1 Å². The number of methoxy groups -OCH3 is 1. The molecule has 0 saturated carbocycles. The summed E-state index contributed by atoms with van der Waals surface area (Å²) in [7, 11) is 1.63. The quantitative estimate of drug-likeness (QED) is 0.917. The first-order valence-corrected chi connectivity index (χ1v) is 8.38. The van der Waals surface area contributed by atoms with Crippen LogP contribution in [0.3, 0.4) is 0 Å². The Morgan fingerprint density at radius 2 is 2.14 bits per heavy atom. The highest BCUT2D eigenvalue weighted by Gasteiger charge is 2.30. The molecule has 2 aromatic rings. The van der Waals surface area contributed by atoms with Crippen LogP contribution in [0, 0.1) is 0 Å². The summed E-state index contributed by atoms with van der Waals surface area (Å²) in [5.41, 5.74) is 2.10. The predicted molar refractivity (Wildman–Crippen MR) is 89.8 cm³/mol. The number of carbonyl (C=O) groups excluding carboxylic acids is 1. The van der Waals surface area contributed by atoms with E-state index in [1.165, 1.54) is 10.4 Å². The number of hydrogen-bond acceptors (Lipinski definition) is 3. The van der Waals surface area contributed by atoms with E-state index in [9.17, 15) is 4.79 Å². The first-order chi connectivity index (χ1) is 10.7. The van der Waals surface area contributed by atoms with Crippen LogP contribution >= 0.6 is 11.3 Å². The minimum Gasteiger partial charge on any atom is -0.497 e. The highest BCUT2D eigenvalue weighted by atomic mass is 32.1. The average Bonchev–Trinajstić information content (AvgIpc) is 3.03. The van der Waals surface area contributed by atoms with Crippen molar-refractivity contribution in [2.24, 2.45) is 0 Å². The number of nitrogens with one attached hydrogen (secondary N) is 1. The molecule has 0 bridgehead atoms. The lowest BCUT2D eigenvalue weighted by atomic mass is 9.98. The number of urea groups is 1. The molecule has 3 rings (SSSR count). The summed E-state index contributed by atoms with van der Waals surface area (Å²) in [6, 6.07) is 9.71. The van der Waals surface area contributed by atoms with Gasteiger partial charge in [0.1, 0.15) is 5.75 Å². The van der Waals surface area contributed by atoms with Gasteiger partial charge < -0.3 is 15.0 Å².